The Labute approximate surface area is 120 Å². The van der Waals surface area contributed by atoms with Crippen LogP contribution in [-0.4, -0.2) is 38.4 Å². The summed E-state index contributed by atoms with van der Waals surface area (Å²) in [5.41, 5.74) is 0. The van der Waals surface area contributed by atoms with Crippen LogP contribution in [0.2, 0.25) is 0 Å². The summed E-state index contributed by atoms with van der Waals surface area (Å²) in [6.45, 7) is 3.88. The molecule has 0 aliphatic carbocycles. The summed E-state index contributed by atoms with van der Waals surface area (Å²) in [5.74, 6) is 0. The number of nitrogens with zero attached hydrogens (tertiary/aromatic N) is 1. The molecule has 1 N–H and O–H groups in total. The van der Waals surface area contributed by atoms with E-state index < -0.39 is 10.0 Å². The van der Waals surface area contributed by atoms with Gasteiger partial charge < -0.3 is 5.32 Å². The van der Waals surface area contributed by atoms with E-state index in [0.717, 1.165) is 0 Å². The molecule has 8 heteroatoms. The molecule has 1 aromatic rings. The van der Waals surface area contributed by atoms with Crippen LogP contribution in [0.5, 0.6) is 0 Å². The van der Waals surface area contributed by atoms with E-state index in [1.165, 1.54) is 11.3 Å². The number of halogens is 2. The Morgan fingerprint density at radius 3 is 2.82 bits per heavy atom. The first-order chi connectivity index (χ1) is 7.53. The highest BCUT2D eigenvalue weighted by atomic mass is 79.9. The lowest BCUT2D eigenvalue weighted by Gasteiger charge is -2.32. The average Bonchev–Trinajstić information content (AvgIpc) is 2.65. The molecule has 1 aliphatic rings. The first kappa shape index (κ1) is 15.4. The number of piperazine rings is 1. The predicted molar refractivity (Wildman–Crippen MR) is 75.5 cm³/mol. The molecule has 2 heterocycles. The third-order valence-corrected chi connectivity index (χ3v) is 7.23. The third kappa shape index (κ3) is 3.02. The molecule has 0 spiro atoms. The van der Waals surface area contributed by atoms with Crippen molar-refractivity contribution < 1.29 is 8.42 Å². The largest absolute Gasteiger partial charge is 0.314 e. The summed E-state index contributed by atoms with van der Waals surface area (Å²) < 4.78 is 27.3. The quantitative estimate of drug-likeness (QED) is 0.875. The number of sulfonamides is 1. The van der Waals surface area contributed by atoms with Crippen molar-refractivity contribution in [3.05, 3.63) is 15.9 Å². The minimum absolute atomic E-state index is 0. The van der Waals surface area contributed by atoms with E-state index in [0.29, 0.717) is 28.3 Å². The second-order valence-electron chi connectivity index (χ2n) is 3.72. The van der Waals surface area contributed by atoms with Crippen LogP contribution in [0.15, 0.2) is 20.1 Å². The number of nitrogens with one attached hydrogen (secondary N) is 1. The Kier molecular flexibility index (Phi) is 5.42. The SMILES string of the molecule is C[C@@H]1CNCCN1S(=O)(=O)c1sccc1Br.Cl. The monoisotopic (exact) mass is 360 g/mol. The van der Waals surface area contributed by atoms with Crippen molar-refractivity contribution in [1.82, 2.24) is 9.62 Å². The zero-order valence-electron chi connectivity index (χ0n) is 9.22. The first-order valence-electron chi connectivity index (χ1n) is 4.99. The van der Waals surface area contributed by atoms with Gasteiger partial charge in [0, 0.05) is 30.1 Å². The van der Waals surface area contributed by atoms with Gasteiger partial charge >= 0.3 is 0 Å². The fraction of sp³-hybridized carbons (Fsp3) is 0.556. The maximum absolute atomic E-state index is 12.4. The molecule has 0 bridgehead atoms. The predicted octanol–water partition coefficient (Wildman–Crippen LogP) is 1.91. The molecule has 98 valence electrons. The Morgan fingerprint density at radius 2 is 2.29 bits per heavy atom. The molecular weight excluding hydrogens is 348 g/mol. The van der Waals surface area contributed by atoms with E-state index in [9.17, 15) is 8.42 Å². The Bertz CT molecular complexity index is 477. The van der Waals surface area contributed by atoms with Crippen molar-refractivity contribution in [2.75, 3.05) is 19.6 Å². The van der Waals surface area contributed by atoms with Gasteiger partial charge in [-0.1, -0.05) is 0 Å². The number of hydrogen-bond donors (Lipinski definition) is 1. The molecule has 0 aromatic carbocycles. The minimum atomic E-state index is -3.33. The molecular formula is C9H14BrClN2O2S2. The van der Waals surface area contributed by atoms with Crippen molar-refractivity contribution in [2.45, 2.75) is 17.2 Å². The fourth-order valence-corrected chi connectivity index (χ4v) is 5.81. The molecule has 2 rings (SSSR count). The van der Waals surface area contributed by atoms with Gasteiger partial charge in [0.15, 0.2) is 0 Å². The molecule has 4 nitrogen and oxygen atoms in total. The first-order valence-corrected chi connectivity index (χ1v) is 8.10. The fourth-order valence-electron chi connectivity index (χ4n) is 1.75. The van der Waals surface area contributed by atoms with Crippen molar-refractivity contribution in [3.63, 3.8) is 0 Å². The average molecular weight is 362 g/mol. The van der Waals surface area contributed by atoms with Crippen LogP contribution in [-0.2, 0) is 10.0 Å². The molecule has 0 radical (unpaired) electrons. The van der Waals surface area contributed by atoms with E-state index in [2.05, 4.69) is 21.2 Å². The van der Waals surface area contributed by atoms with Gasteiger partial charge in [-0.05, 0) is 34.3 Å². The zero-order chi connectivity index (χ0) is 11.8. The number of rotatable bonds is 2. The number of hydrogen-bond acceptors (Lipinski definition) is 4. The van der Waals surface area contributed by atoms with Gasteiger partial charge in [-0.2, -0.15) is 4.31 Å². The van der Waals surface area contributed by atoms with E-state index in [-0.39, 0.29) is 18.4 Å². The van der Waals surface area contributed by atoms with Gasteiger partial charge in [0.1, 0.15) is 4.21 Å². The highest BCUT2D eigenvalue weighted by Gasteiger charge is 2.32. The third-order valence-electron chi connectivity index (χ3n) is 2.57. The van der Waals surface area contributed by atoms with Crippen molar-refractivity contribution >= 4 is 49.7 Å². The van der Waals surface area contributed by atoms with Crippen LogP contribution in [0.4, 0.5) is 0 Å². The van der Waals surface area contributed by atoms with Crippen LogP contribution < -0.4 is 5.32 Å². The molecule has 0 saturated carbocycles. The smallest absolute Gasteiger partial charge is 0.254 e. The molecule has 0 unspecified atom stereocenters. The second-order valence-corrected chi connectivity index (χ2v) is 7.58. The van der Waals surface area contributed by atoms with Crippen molar-refractivity contribution in [2.24, 2.45) is 0 Å². The maximum atomic E-state index is 12.4. The highest BCUT2D eigenvalue weighted by molar-refractivity contribution is 9.10. The van der Waals surface area contributed by atoms with Gasteiger partial charge in [-0.25, -0.2) is 8.42 Å². The molecule has 1 fully saturated rings. The van der Waals surface area contributed by atoms with Crippen LogP contribution in [0, 0.1) is 0 Å². The lowest BCUT2D eigenvalue weighted by molar-refractivity contribution is 0.284. The van der Waals surface area contributed by atoms with Gasteiger partial charge in [0.2, 0.25) is 0 Å². The van der Waals surface area contributed by atoms with Gasteiger partial charge in [0.05, 0.1) is 0 Å². The summed E-state index contributed by atoms with van der Waals surface area (Å²) in [4.78, 5) is 0. The molecule has 1 saturated heterocycles. The van der Waals surface area contributed by atoms with Gasteiger partial charge in [-0.15, -0.1) is 23.7 Å². The normalized spacial score (nSPS) is 22.1. The van der Waals surface area contributed by atoms with E-state index >= 15 is 0 Å². The van der Waals surface area contributed by atoms with E-state index in [4.69, 9.17) is 0 Å². The molecule has 0 amide bonds. The van der Waals surface area contributed by atoms with Crippen molar-refractivity contribution in [1.29, 1.82) is 0 Å². The highest BCUT2D eigenvalue weighted by Crippen LogP contribution is 2.31. The zero-order valence-corrected chi connectivity index (χ0v) is 13.3. The lowest BCUT2D eigenvalue weighted by Crippen LogP contribution is -2.51. The topological polar surface area (TPSA) is 49.4 Å². The standard InChI is InChI=1S/C9H13BrN2O2S2.ClH/c1-7-6-11-3-4-12(7)16(13,14)9-8(10)2-5-15-9;/h2,5,7,11H,3-4,6H2,1H3;1H/t7-;/m1./s1. The Morgan fingerprint density at radius 1 is 1.59 bits per heavy atom. The second kappa shape index (κ2) is 5.99. The lowest BCUT2D eigenvalue weighted by atomic mass is 10.3. The molecule has 1 atom stereocenters. The summed E-state index contributed by atoms with van der Waals surface area (Å²) in [7, 11) is -3.33. The molecule has 1 aliphatic heterocycles. The van der Waals surface area contributed by atoms with E-state index in [1.807, 2.05) is 6.92 Å². The van der Waals surface area contributed by atoms with Crippen LogP contribution >= 0.6 is 39.7 Å². The summed E-state index contributed by atoms with van der Waals surface area (Å²) >= 11 is 4.53. The summed E-state index contributed by atoms with van der Waals surface area (Å²) in [6, 6.07) is 1.78. The van der Waals surface area contributed by atoms with Gasteiger partial charge in [-0.3, -0.25) is 0 Å². The maximum Gasteiger partial charge on any atom is 0.254 e. The van der Waals surface area contributed by atoms with Crippen molar-refractivity contribution in [3.8, 4) is 0 Å². The Hall–Kier alpha value is 0.340. The van der Waals surface area contributed by atoms with Crippen LogP contribution in [0.25, 0.3) is 0 Å². The minimum Gasteiger partial charge on any atom is -0.314 e. The Balaban J connectivity index is 0.00000144. The van der Waals surface area contributed by atoms with Crippen LogP contribution in [0.3, 0.4) is 0 Å². The summed E-state index contributed by atoms with van der Waals surface area (Å²) in [5, 5.41) is 4.96. The summed E-state index contributed by atoms with van der Waals surface area (Å²) in [6.07, 6.45) is 0. The molecule has 17 heavy (non-hydrogen) atoms. The van der Waals surface area contributed by atoms with E-state index in [1.54, 1.807) is 15.8 Å². The van der Waals surface area contributed by atoms with Gasteiger partial charge in [0.25, 0.3) is 10.0 Å². The number of thiophene rings is 1. The van der Waals surface area contributed by atoms with Crippen LogP contribution in [0.1, 0.15) is 6.92 Å². The molecule has 1 aromatic heterocycles.